The van der Waals surface area contributed by atoms with Crippen molar-refractivity contribution in [2.45, 2.75) is 43.9 Å². The van der Waals surface area contributed by atoms with E-state index in [1.54, 1.807) is 11.8 Å². The first-order valence-electron chi connectivity index (χ1n) is 14.6. The number of allylic oxidation sites excluding steroid dienone is 1. The number of halogens is 1. The molecule has 1 saturated heterocycles. The first-order chi connectivity index (χ1) is 20.7. The lowest BCUT2D eigenvalue weighted by Crippen LogP contribution is -2.63. The van der Waals surface area contributed by atoms with Gasteiger partial charge < -0.3 is 36.2 Å². The van der Waals surface area contributed by atoms with Gasteiger partial charge in [0.15, 0.2) is 17.1 Å². The molecule has 5 aliphatic rings. The van der Waals surface area contributed by atoms with Crippen molar-refractivity contribution in [1.29, 1.82) is 0 Å². The Kier molecular flexibility index (Phi) is 7.02. The third-order valence-electron chi connectivity index (χ3n) is 9.96. The van der Waals surface area contributed by atoms with Gasteiger partial charge in [0.25, 0.3) is 5.91 Å². The van der Waals surface area contributed by atoms with Crippen molar-refractivity contribution in [1.82, 2.24) is 9.80 Å². The van der Waals surface area contributed by atoms with Crippen molar-refractivity contribution in [3.63, 3.8) is 0 Å². The third kappa shape index (κ3) is 3.93. The Morgan fingerprint density at radius 1 is 1.23 bits per heavy atom. The van der Waals surface area contributed by atoms with Gasteiger partial charge in [-0.3, -0.25) is 29.0 Å². The van der Waals surface area contributed by atoms with Gasteiger partial charge in [0.05, 0.1) is 30.4 Å². The molecule has 3 aliphatic carbocycles. The summed E-state index contributed by atoms with van der Waals surface area (Å²) >= 11 is 0. The Morgan fingerprint density at radius 2 is 1.93 bits per heavy atom. The minimum atomic E-state index is -2.78. The van der Waals surface area contributed by atoms with E-state index in [0.717, 1.165) is 0 Å². The fourth-order valence-corrected chi connectivity index (χ4v) is 8.16. The molecule has 2 unspecified atom stereocenters. The van der Waals surface area contributed by atoms with Crippen molar-refractivity contribution in [2.75, 3.05) is 45.7 Å². The number of primary amides is 1. The fourth-order valence-electron chi connectivity index (χ4n) is 8.16. The van der Waals surface area contributed by atoms with Crippen molar-refractivity contribution >= 4 is 29.1 Å². The van der Waals surface area contributed by atoms with Crippen LogP contribution in [0.25, 0.3) is 0 Å². The number of nitrogens with zero attached hydrogens (tertiary/aromatic N) is 2. The van der Waals surface area contributed by atoms with Gasteiger partial charge in [0.2, 0.25) is 5.78 Å². The summed E-state index contributed by atoms with van der Waals surface area (Å²) in [6, 6.07) is -1.71. The number of fused-ring (bicyclic) bond motifs is 6. The molecule has 6 atom stereocenters. The number of nitrogens with one attached hydrogen (secondary N) is 1. The molecule has 0 saturated carbocycles. The molecule has 13 nitrogen and oxygen atoms in total. The van der Waals surface area contributed by atoms with E-state index >= 15 is 4.39 Å². The van der Waals surface area contributed by atoms with Gasteiger partial charge in [-0.2, -0.15) is 0 Å². The topological polar surface area (TPSA) is 203 Å². The molecular formula is C30H35FN4O9. The molecule has 7 N–H and O–H groups in total. The summed E-state index contributed by atoms with van der Waals surface area (Å²) in [5.74, 6) is -9.23. The number of amides is 1. The van der Waals surface area contributed by atoms with Crippen LogP contribution in [0.4, 0.5) is 10.1 Å². The van der Waals surface area contributed by atoms with Gasteiger partial charge >= 0.3 is 5.97 Å². The normalized spacial score (nSPS) is 31.2. The van der Waals surface area contributed by atoms with Crippen LogP contribution >= 0.6 is 0 Å². The number of ether oxygens (including phenoxy) is 1. The Balaban J connectivity index is 1.49. The molecule has 0 radical (unpaired) electrons. The monoisotopic (exact) mass is 614 g/mol. The van der Waals surface area contributed by atoms with Gasteiger partial charge in [-0.25, -0.2) is 4.39 Å². The summed E-state index contributed by atoms with van der Waals surface area (Å²) in [5, 5.41) is 48.6. The molecule has 14 heteroatoms. The lowest BCUT2D eigenvalue weighted by Gasteiger charge is -2.50. The number of aromatic hydroxyl groups is 1. The van der Waals surface area contributed by atoms with E-state index in [0.29, 0.717) is 19.5 Å². The minimum Gasteiger partial charge on any atom is -0.510 e. The number of likely N-dealkylation sites (tertiary alicyclic amines) is 1. The maximum Gasteiger partial charge on any atom is 0.320 e. The molecule has 0 bridgehead atoms. The molecule has 1 aromatic carbocycles. The highest BCUT2D eigenvalue weighted by atomic mass is 19.1. The third-order valence-corrected chi connectivity index (χ3v) is 9.96. The van der Waals surface area contributed by atoms with E-state index in [2.05, 4.69) is 5.32 Å². The number of esters is 1. The number of aliphatic hydroxyl groups excluding tert-OH is 2. The molecule has 44 heavy (non-hydrogen) atoms. The molecule has 0 spiro atoms. The van der Waals surface area contributed by atoms with Gasteiger partial charge in [0, 0.05) is 35.2 Å². The zero-order valence-electron chi connectivity index (χ0n) is 24.5. The molecule has 1 aromatic rings. The molecule has 6 rings (SSSR count). The van der Waals surface area contributed by atoms with Crippen LogP contribution in [-0.4, -0.2) is 106 Å². The number of hydrogen-bond donors (Lipinski definition) is 6. The van der Waals surface area contributed by atoms with Crippen molar-refractivity contribution in [2.24, 2.45) is 23.5 Å². The number of hydrogen-bond acceptors (Lipinski definition) is 12. The summed E-state index contributed by atoms with van der Waals surface area (Å²) in [5.41, 5.74) is 0.987. The molecule has 236 valence electrons. The predicted molar refractivity (Wildman–Crippen MR) is 151 cm³/mol. The van der Waals surface area contributed by atoms with Crippen LogP contribution < -0.4 is 11.1 Å². The predicted octanol–water partition coefficient (Wildman–Crippen LogP) is 0.611. The highest BCUT2D eigenvalue weighted by Crippen LogP contribution is 2.56. The van der Waals surface area contributed by atoms with E-state index in [1.165, 1.54) is 19.0 Å². The smallest absolute Gasteiger partial charge is 0.320 e. The first kappa shape index (κ1) is 30.0. The Morgan fingerprint density at radius 3 is 2.57 bits per heavy atom. The molecule has 2 heterocycles. The van der Waals surface area contributed by atoms with Crippen LogP contribution in [0.3, 0.4) is 0 Å². The summed E-state index contributed by atoms with van der Waals surface area (Å²) in [6.45, 7) is 2.66. The fraction of sp³-hybridized carbons (Fsp3) is 0.533. The summed E-state index contributed by atoms with van der Waals surface area (Å²) in [6.07, 6.45) is 0.347. The summed E-state index contributed by atoms with van der Waals surface area (Å²) in [4.78, 5) is 55.2. The van der Waals surface area contributed by atoms with E-state index in [-0.39, 0.29) is 54.3 Å². The van der Waals surface area contributed by atoms with Gasteiger partial charge in [0.1, 0.15) is 22.9 Å². The number of benzene rings is 1. The van der Waals surface area contributed by atoms with Crippen LogP contribution in [0.1, 0.15) is 47.3 Å². The number of anilines is 1. The van der Waals surface area contributed by atoms with E-state index in [9.17, 15) is 39.6 Å². The number of carbonyl (C=O) groups is 4. The number of rotatable bonds is 5. The Bertz CT molecular complexity index is 1590. The van der Waals surface area contributed by atoms with Crippen LogP contribution in [0.2, 0.25) is 0 Å². The van der Waals surface area contributed by atoms with Gasteiger partial charge in [-0.05, 0) is 58.7 Å². The Hall–Kier alpha value is -4.01. The van der Waals surface area contributed by atoms with E-state index < -0.39 is 87.2 Å². The number of nitrogens with two attached hydrogens (primary N) is 1. The molecule has 0 aromatic heterocycles. The molecule has 2 aliphatic heterocycles. The number of ketones is 2. The number of phenolic OH excluding ortho intramolecular Hbond substituents is 1. The van der Waals surface area contributed by atoms with Crippen LogP contribution in [0, 0.1) is 23.6 Å². The zero-order valence-corrected chi connectivity index (χ0v) is 24.5. The average molecular weight is 615 g/mol. The molecular weight excluding hydrogens is 579 g/mol. The number of likely N-dealkylation sites (N-methyl/N-ethyl adjacent to an activating group) is 1. The second-order valence-corrected chi connectivity index (χ2v) is 12.4. The average Bonchev–Trinajstić information content (AvgIpc) is 3.35. The highest BCUT2D eigenvalue weighted by molar-refractivity contribution is 6.25. The number of phenols is 1. The van der Waals surface area contributed by atoms with Gasteiger partial charge in [-0.1, -0.05) is 0 Å². The lowest BCUT2D eigenvalue weighted by atomic mass is 9.58. The van der Waals surface area contributed by atoms with Gasteiger partial charge in [-0.15, -0.1) is 0 Å². The number of aliphatic hydroxyl groups is 3. The van der Waals surface area contributed by atoms with Crippen LogP contribution in [0.5, 0.6) is 5.75 Å². The first-order valence-corrected chi connectivity index (χ1v) is 14.6. The van der Waals surface area contributed by atoms with E-state index in [1.807, 2.05) is 0 Å². The minimum absolute atomic E-state index is 0.00262. The van der Waals surface area contributed by atoms with Crippen molar-refractivity contribution in [3.05, 3.63) is 45.2 Å². The molecule has 1 fully saturated rings. The summed E-state index contributed by atoms with van der Waals surface area (Å²) < 4.78 is 21.8. The SMILES string of the molecule is CCOC(=O)CN1CCC2CNc3c(O)c4c(c(F)c3C21)C[C@H]1C[C@H]2[C@H](N(C)C)C(O)=C(C(N)=O)C(=O)[C@@]2(O)C(O)=C1C4=O. The summed E-state index contributed by atoms with van der Waals surface area (Å²) in [7, 11) is 3.06. The second-order valence-electron chi connectivity index (χ2n) is 12.4. The Labute approximate surface area is 251 Å². The lowest BCUT2D eigenvalue weighted by molar-refractivity contribution is -0.148. The van der Waals surface area contributed by atoms with E-state index in [4.69, 9.17) is 10.5 Å². The van der Waals surface area contributed by atoms with Crippen molar-refractivity contribution in [3.8, 4) is 5.75 Å². The standard InChI is InChI=1S/C30H35FN4O9/c1-4-44-15(36)10-35-6-5-11-9-33-21-18(22(11)35)20(31)13-7-12-8-14-23(34(2)3)26(39)19(29(32)42)28(41)30(14,43)27(40)16(12)24(37)17(13)25(21)38/h11-12,14,22-23,33,38-40,43H,4-10H2,1-3H3,(H2,32,42)/t11?,12-,14-,22?,23-,30-/m0/s1. The van der Waals surface area contributed by atoms with Crippen LogP contribution in [0.15, 0.2) is 22.7 Å². The van der Waals surface area contributed by atoms with Crippen LogP contribution in [-0.2, 0) is 25.5 Å². The molecule has 1 amide bonds. The maximum absolute atomic E-state index is 16.7. The maximum atomic E-state index is 16.7. The number of Topliss-reactive ketones (excluding diaryl/α,β-unsaturated/α-hetero) is 2. The largest absolute Gasteiger partial charge is 0.510 e. The zero-order chi connectivity index (χ0) is 32.0. The second kappa shape index (κ2) is 10.3. The highest BCUT2D eigenvalue weighted by Gasteiger charge is 2.63. The quantitative estimate of drug-likeness (QED) is 0.153. The van der Waals surface area contributed by atoms with Crippen molar-refractivity contribution < 1.29 is 48.7 Å². The number of carbonyl (C=O) groups excluding carboxylic acids is 4.